The van der Waals surface area contributed by atoms with E-state index in [9.17, 15) is 0 Å². The number of rotatable bonds is 4. The molecule has 0 spiro atoms. The van der Waals surface area contributed by atoms with Gasteiger partial charge in [0.2, 0.25) is 0 Å². The summed E-state index contributed by atoms with van der Waals surface area (Å²) < 4.78 is 6.02. The van der Waals surface area contributed by atoms with Crippen LogP contribution in [0.1, 0.15) is 34.2 Å². The molecule has 166 valence electrons. The first-order valence-corrected chi connectivity index (χ1v) is 11.2. The van der Waals surface area contributed by atoms with Crippen molar-refractivity contribution in [1.29, 1.82) is 0 Å². The molecule has 5 aromatic rings. The molecule has 0 saturated heterocycles. The minimum atomic E-state index is 0.987. The fraction of sp³-hybridized carbons (Fsp3) is 0.222. The van der Waals surface area contributed by atoms with Crippen LogP contribution >= 0.6 is 0 Å². The van der Waals surface area contributed by atoms with E-state index in [2.05, 4.69) is 70.2 Å². The van der Waals surface area contributed by atoms with E-state index in [0.29, 0.717) is 0 Å². The van der Waals surface area contributed by atoms with Crippen LogP contribution in [0.5, 0.6) is 0 Å². The van der Waals surface area contributed by atoms with Gasteiger partial charge in [0.1, 0.15) is 0 Å². The normalized spacial score (nSPS) is 11.3. The zero-order valence-corrected chi connectivity index (χ0v) is 20.0. The number of aromatic nitrogens is 6. The molecule has 5 rings (SSSR count). The highest BCUT2D eigenvalue weighted by molar-refractivity contribution is 5.74. The molecular formula is C27H28N6. The molecule has 0 unspecified atom stereocenters. The summed E-state index contributed by atoms with van der Waals surface area (Å²) in [5, 5.41) is 14.4. The Labute approximate surface area is 194 Å². The lowest BCUT2D eigenvalue weighted by atomic mass is 10.0. The van der Waals surface area contributed by atoms with Gasteiger partial charge in [-0.1, -0.05) is 18.2 Å². The summed E-state index contributed by atoms with van der Waals surface area (Å²) in [5.74, 6) is 0. The minimum Gasteiger partial charge on any atom is -0.238 e. The molecule has 0 radical (unpaired) electrons. The number of nitrogens with zero attached hydrogens (tertiary/aromatic N) is 6. The molecule has 6 nitrogen and oxygen atoms in total. The van der Waals surface area contributed by atoms with E-state index in [4.69, 9.17) is 15.3 Å². The van der Waals surface area contributed by atoms with Gasteiger partial charge in [0.15, 0.2) is 0 Å². The Morgan fingerprint density at radius 3 is 1.58 bits per heavy atom. The summed E-state index contributed by atoms with van der Waals surface area (Å²) in [7, 11) is 0. The average molecular weight is 437 g/mol. The quantitative estimate of drug-likeness (QED) is 0.360. The summed E-state index contributed by atoms with van der Waals surface area (Å²) >= 11 is 0. The second-order valence-corrected chi connectivity index (χ2v) is 8.71. The third-order valence-corrected chi connectivity index (χ3v) is 5.99. The molecule has 0 aliphatic rings. The molecule has 0 bridgehead atoms. The molecule has 0 fully saturated rings. The monoisotopic (exact) mass is 436 g/mol. The number of hydrogen-bond acceptors (Lipinski definition) is 3. The van der Waals surface area contributed by atoms with Gasteiger partial charge < -0.3 is 0 Å². The zero-order chi connectivity index (χ0) is 23.3. The van der Waals surface area contributed by atoms with Crippen molar-refractivity contribution in [3.63, 3.8) is 0 Å². The predicted octanol–water partition coefficient (Wildman–Crippen LogP) is 5.76. The highest BCUT2D eigenvalue weighted by atomic mass is 15.3. The summed E-state index contributed by atoms with van der Waals surface area (Å²) in [5.41, 5.74) is 11.6. The van der Waals surface area contributed by atoms with Gasteiger partial charge in [0.05, 0.1) is 34.1 Å². The van der Waals surface area contributed by atoms with E-state index < -0.39 is 0 Å². The maximum Gasteiger partial charge on any atom is 0.0679 e. The predicted molar refractivity (Wildman–Crippen MR) is 132 cm³/mol. The van der Waals surface area contributed by atoms with Crippen LogP contribution < -0.4 is 0 Å². The van der Waals surface area contributed by atoms with E-state index in [1.165, 1.54) is 0 Å². The van der Waals surface area contributed by atoms with Gasteiger partial charge >= 0.3 is 0 Å². The molecule has 3 heterocycles. The van der Waals surface area contributed by atoms with Crippen LogP contribution in [0, 0.1) is 41.5 Å². The Bertz CT molecular complexity index is 1400. The van der Waals surface area contributed by atoms with Crippen LogP contribution in [0.2, 0.25) is 0 Å². The lowest BCUT2D eigenvalue weighted by molar-refractivity contribution is 0.813. The number of hydrogen-bond donors (Lipinski definition) is 0. The Morgan fingerprint density at radius 1 is 0.545 bits per heavy atom. The Kier molecular flexibility index (Phi) is 5.01. The van der Waals surface area contributed by atoms with Crippen molar-refractivity contribution in [3.8, 4) is 28.2 Å². The second-order valence-electron chi connectivity index (χ2n) is 8.71. The third-order valence-electron chi connectivity index (χ3n) is 5.99. The van der Waals surface area contributed by atoms with Crippen molar-refractivity contribution in [1.82, 2.24) is 29.3 Å². The van der Waals surface area contributed by atoms with E-state index in [0.717, 1.165) is 62.4 Å². The summed E-state index contributed by atoms with van der Waals surface area (Å²) in [6, 6.07) is 21.0. The highest BCUT2D eigenvalue weighted by Crippen LogP contribution is 2.32. The van der Waals surface area contributed by atoms with Gasteiger partial charge in [-0.05, 0) is 89.6 Å². The van der Waals surface area contributed by atoms with Crippen molar-refractivity contribution in [2.75, 3.05) is 0 Å². The third kappa shape index (κ3) is 3.67. The molecule has 0 saturated carbocycles. The van der Waals surface area contributed by atoms with Crippen LogP contribution in [0.25, 0.3) is 28.2 Å². The standard InChI is InChI=1S/C27H28N6/c1-17-12-19(3)31(28-17)25-14-23(15-26(16-25)32-20(4)13-18(2)29-32)27-21(5)30-33(22(27)6)24-10-8-7-9-11-24/h7-16H,1-6H3. The molecule has 0 aliphatic heterocycles. The highest BCUT2D eigenvalue weighted by Gasteiger charge is 2.18. The van der Waals surface area contributed by atoms with Gasteiger partial charge in [-0.2, -0.15) is 15.3 Å². The van der Waals surface area contributed by atoms with Gasteiger partial charge in [0.25, 0.3) is 0 Å². The van der Waals surface area contributed by atoms with Gasteiger partial charge in [0, 0.05) is 22.6 Å². The van der Waals surface area contributed by atoms with E-state index >= 15 is 0 Å². The SMILES string of the molecule is Cc1cc(C)n(-c2cc(-c3c(C)nn(-c4ccccc4)c3C)cc(-n3nc(C)cc3C)c2)n1. The van der Waals surface area contributed by atoms with Crippen molar-refractivity contribution < 1.29 is 0 Å². The average Bonchev–Trinajstić information content (AvgIpc) is 3.41. The summed E-state index contributed by atoms with van der Waals surface area (Å²) in [6.07, 6.45) is 0. The molecule has 0 amide bonds. The topological polar surface area (TPSA) is 53.5 Å². The number of para-hydroxylation sites is 1. The van der Waals surface area contributed by atoms with Gasteiger partial charge in [-0.3, -0.25) is 0 Å². The maximum absolute atomic E-state index is 4.88. The van der Waals surface area contributed by atoms with Crippen molar-refractivity contribution in [2.45, 2.75) is 41.5 Å². The lowest BCUT2D eigenvalue weighted by Gasteiger charge is -2.13. The smallest absolute Gasteiger partial charge is 0.0679 e. The van der Waals surface area contributed by atoms with Crippen molar-refractivity contribution in [3.05, 3.63) is 94.8 Å². The molecule has 2 aromatic carbocycles. The number of aryl methyl sites for hydroxylation is 5. The Hall–Kier alpha value is -3.93. The molecule has 33 heavy (non-hydrogen) atoms. The van der Waals surface area contributed by atoms with Crippen LogP contribution in [0.15, 0.2) is 60.7 Å². The van der Waals surface area contributed by atoms with Crippen molar-refractivity contribution in [2.24, 2.45) is 0 Å². The van der Waals surface area contributed by atoms with Crippen LogP contribution in [-0.4, -0.2) is 29.3 Å². The molecule has 0 N–H and O–H groups in total. The van der Waals surface area contributed by atoms with E-state index in [-0.39, 0.29) is 0 Å². The maximum atomic E-state index is 4.88. The molecule has 3 aromatic heterocycles. The zero-order valence-electron chi connectivity index (χ0n) is 20.0. The molecule has 0 aliphatic carbocycles. The van der Waals surface area contributed by atoms with Crippen molar-refractivity contribution >= 4 is 0 Å². The first-order chi connectivity index (χ1) is 15.8. The Morgan fingerprint density at radius 2 is 1.09 bits per heavy atom. The number of benzene rings is 2. The first-order valence-electron chi connectivity index (χ1n) is 11.2. The Balaban J connectivity index is 1.75. The van der Waals surface area contributed by atoms with E-state index in [1.54, 1.807) is 0 Å². The summed E-state index contributed by atoms with van der Waals surface area (Å²) in [6.45, 7) is 12.4. The second kappa shape index (κ2) is 7.89. The molecule has 6 heteroatoms. The molecule has 0 atom stereocenters. The van der Waals surface area contributed by atoms with Crippen LogP contribution in [0.4, 0.5) is 0 Å². The minimum absolute atomic E-state index is 0.987. The first kappa shape index (κ1) is 20.9. The van der Waals surface area contributed by atoms with Crippen LogP contribution in [-0.2, 0) is 0 Å². The van der Waals surface area contributed by atoms with Gasteiger partial charge in [-0.25, -0.2) is 14.0 Å². The lowest BCUT2D eigenvalue weighted by Crippen LogP contribution is -2.05. The largest absolute Gasteiger partial charge is 0.238 e. The molecular weight excluding hydrogens is 408 g/mol. The fourth-order valence-electron chi connectivity index (χ4n) is 4.65. The fourth-order valence-corrected chi connectivity index (χ4v) is 4.65. The van der Waals surface area contributed by atoms with E-state index in [1.807, 2.05) is 46.1 Å². The summed E-state index contributed by atoms with van der Waals surface area (Å²) in [4.78, 5) is 0. The van der Waals surface area contributed by atoms with Crippen LogP contribution in [0.3, 0.4) is 0 Å². The van der Waals surface area contributed by atoms with Gasteiger partial charge in [-0.15, -0.1) is 0 Å².